The summed E-state index contributed by atoms with van der Waals surface area (Å²) in [7, 11) is -1.90. The predicted octanol–water partition coefficient (Wildman–Crippen LogP) is 3.93. The molecule has 2 aromatic carbocycles. The summed E-state index contributed by atoms with van der Waals surface area (Å²) < 4.78 is 33.7. The van der Waals surface area contributed by atoms with Crippen LogP contribution in [-0.2, 0) is 16.6 Å². The lowest BCUT2D eigenvalue weighted by Crippen LogP contribution is -2.48. The average molecular weight is 479 g/mol. The first-order chi connectivity index (χ1) is 15.0. The lowest BCUT2D eigenvalue weighted by molar-refractivity contribution is 0.378. The highest BCUT2D eigenvalue weighted by Crippen LogP contribution is 2.29. The Labute approximate surface area is 191 Å². The van der Waals surface area contributed by atoms with Gasteiger partial charge in [0, 0.05) is 42.9 Å². The Morgan fingerprint density at radius 3 is 2.45 bits per heavy atom. The highest BCUT2D eigenvalue weighted by atomic mass is 35.5. The smallest absolute Gasteiger partial charge is 0.243 e. The minimum atomic E-state index is -3.54. The van der Waals surface area contributed by atoms with E-state index in [0.717, 1.165) is 22.0 Å². The van der Waals surface area contributed by atoms with E-state index in [0.29, 0.717) is 42.1 Å². The third-order valence-corrected chi connectivity index (χ3v) is 8.18. The zero-order chi connectivity index (χ0) is 21.8. The fraction of sp³-hybridized carbons (Fsp3) is 0.286. The molecule has 0 bridgehead atoms. The second-order valence-corrected chi connectivity index (χ2v) is 10.7. The molecule has 1 saturated heterocycles. The van der Waals surface area contributed by atoms with Crippen LogP contribution < -0.4 is 15.0 Å². The Kier molecular flexibility index (Phi) is 6.66. The first-order valence-corrected chi connectivity index (χ1v) is 12.4. The lowest BCUT2D eigenvalue weighted by atomic mass is 10.2. The monoisotopic (exact) mass is 478 g/mol. The van der Waals surface area contributed by atoms with Crippen LogP contribution in [-0.4, -0.2) is 51.0 Å². The number of sulfonamides is 1. The number of piperazine rings is 1. The molecule has 0 amide bonds. The topological polar surface area (TPSA) is 74.8 Å². The SMILES string of the molecule is COc1ccccc1N1CCN(S(=O)(=O)c2ccc(NCc3cnc(Cl)s3)cc2)CC1. The van der Waals surface area contributed by atoms with Crippen LogP contribution >= 0.6 is 22.9 Å². The maximum absolute atomic E-state index is 13.1. The molecule has 1 N–H and O–H groups in total. The molecule has 1 fully saturated rings. The Hall–Kier alpha value is -2.33. The highest BCUT2D eigenvalue weighted by molar-refractivity contribution is 7.89. The maximum atomic E-state index is 13.1. The number of rotatable bonds is 7. The van der Waals surface area contributed by atoms with E-state index in [9.17, 15) is 8.42 Å². The van der Waals surface area contributed by atoms with E-state index in [2.05, 4.69) is 15.2 Å². The molecular weight excluding hydrogens is 456 g/mol. The number of nitrogens with zero attached hydrogens (tertiary/aromatic N) is 3. The molecule has 0 radical (unpaired) electrons. The molecule has 0 atom stereocenters. The van der Waals surface area contributed by atoms with Crippen LogP contribution in [0.5, 0.6) is 5.75 Å². The van der Waals surface area contributed by atoms with Gasteiger partial charge in [0.25, 0.3) is 0 Å². The molecule has 0 saturated carbocycles. The van der Waals surface area contributed by atoms with Crippen molar-refractivity contribution in [1.29, 1.82) is 0 Å². The minimum Gasteiger partial charge on any atom is -0.495 e. The van der Waals surface area contributed by atoms with E-state index < -0.39 is 10.0 Å². The first-order valence-electron chi connectivity index (χ1n) is 9.79. The van der Waals surface area contributed by atoms with E-state index in [4.69, 9.17) is 16.3 Å². The summed E-state index contributed by atoms with van der Waals surface area (Å²) in [5, 5.41) is 3.25. The van der Waals surface area contributed by atoms with Crippen molar-refractivity contribution in [2.24, 2.45) is 0 Å². The molecule has 1 aromatic heterocycles. The molecule has 0 unspecified atom stereocenters. The van der Waals surface area contributed by atoms with Crippen LogP contribution in [0.1, 0.15) is 4.88 Å². The zero-order valence-electron chi connectivity index (χ0n) is 17.0. The Morgan fingerprint density at radius 2 is 1.81 bits per heavy atom. The van der Waals surface area contributed by atoms with E-state index in [1.807, 2.05) is 24.3 Å². The summed E-state index contributed by atoms with van der Waals surface area (Å²) in [4.78, 5) is 7.47. The zero-order valence-corrected chi connectivity index (χ0v) is 19.4. The molecule has 0 aliphatic carbocycles. The number of nitrogens with one attached hydrogen (secondary N) is 1. The summed E-state index contributed by atoms with van der Waals surface area (Å²) in [6.07, 6.45) is 1.73. The molecule has 164 valence electrons. The van der Waals surface area contributed by atoms with Crippen molar-refractivity contribution in [2.75, 3.05) is 43.5 Å². The van der Waals surface area contributed by atoms with Gasteiger partial charge in [-0.1, -0.05) is 23.7 Å². The molecular formula is C21H23ClN4O3S2. The van der Waals surface area contributed by atoms with Gasteiger partial charge in [0.2, 0.25) is 10.0 Å². The molecule has 0 spiro atoms. The van der Waals surface area contributed by atoms with Gasteiger partial charge in [0.15, 0.2) is 4.47 Å². The maximum Gasteiger partial charge on any atom is 0.243 e. The molecule has 1 aliphatic heterocycles. The molecule has 2 heterocycles. The number of ether oxygens (including phenoxy) is 1. The molecule has 10 heteroatoms. The highest BCUT2D eigenvalue weighted by Gasteiger charge is 2.29. The van der Waals surface area contributed by atoms with Gasteiger partial charge in [-0.2, -0.15) is 4.31 Å². The number of anilines is 2. The van der Waals surface area contributed by atoms with Crippen LogP contribution in [0.25, 0.3) is 0 Å². The number of hydrogen-bond donors (Lipinski definition) is 1. The number of para-hydroxylation sites is 2. The second kappa shape index (κ2) is 9.44. The van der Waals surface area contributed by atoms with Gasteiger partial charge in [0.05, 0.1) is 24.2 Å². The molecule has 4 rings (SSSR count). The number of halogens is 1. The third kappa shape index (κ3) is 4.95. The van der Waals surface area contributed by atoms with Crippen molar-refractivity contribution < 1.29 is 13.2 Å². The van der Waals surface area contributed by atoms with E-state index in [-0.39, 0.29) is 0 Å². The Morgan fingerprint density at radius 1 is 1.10 bits per heavy atom. The van der Waals surface area contributed by atoms with Crippen molar-refractivity contribution in [2.45, 2.75) is 11.4 Å². The lowest BCUT2D eigenvalue weighted by Gasteiger charge is -2.35. The van der Waals surface area contributed by atoms with Crippen molar-refractivity contribution in [3.8, 4) is 5.75 Å². The standard InChI is InChI=1S/C21H23ClN4O3S2/c1-29-20-5-3-2-4-19(20)25-10-12-26(13-11-25)31(27,28)18-8-6-16(7-9-18)23-14-17-15-24-21(22)30-17/h2-9,15,23H,10-14H2,1H3. The van der Waals surface area contributed by atoms with Gasteiger partial charge in [-0.15, -0.1) is 11.3 Å². The number of hydrogen-bond acceptors (Lipinski definition) is 7. The van der Waals surface area contributed by atoms with Gasteiger partial charge in [0.1, 0.15) is 5.75 Å². The number of thiazole rings is 1. The van der Waals surface area contributed by atoms with Crippen molar-refractivity contribution in [3.63, 3.8) is 0 Å². The average Bonchev–Trinajstić information content (AvgIpc) is 3.23. The van der Waals surface area contributed by atoms with E-state index >= 15 is 0 Å². The summed E-state index contributed by atoms with van der Waals surface area (Å²) >= 11 is 7.26. The van der Waals surface area contributed by atoms with Gasteiger partial charge in [-0.05, 0) is 36.4 Å². The molecule has 1 aliphatic rings. The fourth-order valence-corrected chi connectivity index (χ4v) is 5.85. The molecule has 31 heavy (non-hydrogen) atoms. The van der Waals surface area contributed by atoms with Gasteiger partial charge >= 0.3 is 0 Å². The van der Waals surface area contributed by atoms with Crippen LogP contribution in [0.2, 0.25) is 4.47 Å². The van der Waals surface area contributed by atoms with Crippen LogP contribution in [0.15, 0.2) is 59.6 Å². The largest absolute Gasteiger partial charge is 0.495 e. The summed E-state index contributed by atoms with van der Waals surface area (Å²) in [5.41, 5.74) is 1.82. The van der Waals surface area contributed by atoms with Gasteiger partial charge in [-0.3, -0.25) is 0 Å². The number of methoxy groups -OCH3 is 1. The van der Waals surface area contributed by atoms with Crippen molar-refractivity contribution in [1.82, 2.24) is 9.29 Å². The first kappa shape index (κ1) is 21.9. The van der Waals surface area contributed by atoms with Crippen LogP contribution in [0.3, 0.4) is 0 Å². The van der Waals surface area contributed by atoms with Gasteiger partial charge in [-0.25, -0.2) is 13.4 Å². The van der Waals surface area contributed by atoms with Crippen molar-refractivity contribution in [3.05, 3.63) is 64.1 Å². The molecule has 7 nitrogen and oxygen atoms in total. The summed E-state index contributed by atoms with van der Waals surface area (Å²) in [6, 6.07) is 14.6. The number of benzene rings is 2. The van der Waals surface area contributed by atoms with Crippen LogP contribution in [0.4, 0.5) is 11.4 Å². The van der Waals surface area contributed by atoms with E-state index in [1.54, 1.807) is 41.9 Å². The third-order valence-electron chi connectivity index (χ3n) is 5.15. The second-order valence-electron chi connectivity index (χ2n) is 7.02. The quantitative estimate of drug-likeness (QED) is 0.554. The fourth-order valence-electron chi connectivity index (χ4n) is 3.51. The Balaban J connectivity index is 1.38. The van der Waals surface area contributed by atoms with Crippen LogP contribution in [0, 0.1) is 0 Å². The van der Waals surface area contributed by atoms with Gasteiger partial charge < -0.3 is 15.0 Å². The Bertz CT molecular complexity index is 1130. The summed E-state index contributed by atoms with van der Waals surface area (Å²) in [6.45, 7) is 2.65. The number of aromatic nitrogens is 1. The normalized spacial score (nSPS) is 15.1. The van der Waals surface area contributed by atoms with Crippen molar-refractivity contribution >= 4 is 44.3 Å². The minimum absolute atomic E-state index is 0.296. The van der Waals surface area contributed by atoms with E-state index in [1.165, 1.54) is 11.3 Å². The predicted molar refractivity (Wildman–Crippen MR) is 125 cm³/mol. The summed E-state index contributed by atoms with van der Waals surface area (Å²) in [5.74, 6) is 0.794. The molecule has 3 aromatic rings.